The third-order valence-electron chi connectivity index (χ3n) is 2.80. The fourth-order valence-electron chi connectivity index (χ4n) is 1.54. The van der Waals surface area contributed by atoms with Gasteiger partial charge in [0.25, 0.3) is 5.91 Å². The van der Waals surface area contributed by atoms with Gasteiger partial charge in [-0.2, -0.15) is 5.26 Å². The molecule has 0 radical (unpaired) electrons. The second-order valence-corrected chi connectivity index (χ2v) is 4.52. The van der Waals surface area contributed by atoms with Gasteiger partial charge in [0.1, 0.15) is 0 Å². The highest BCUT2D eigenvalue weighted by Gasteiger charge is 2.27. The molecule has 1 saturated carbocycles. The first-order valence-electron chi connectivity index (χ1n) is 6.11. The van der Waals surface area contributed by atoms with Crippen LogP contribution in [0.15, 0.2) is 24.3 Å². The Hall–Kier alpha value is -2.35. The summed E-state index contributed by atoms with van der Waals surface area (Å²) in [6.45, 7) is 1.53. The quantitative estimate of drug-likeness (QED) is 0.827. The minimum absolute atomic E-state index is 0.232. The van der Waals surface area contributed by atoms with E-state index in [1.165, 1.54) is 13.0 Å². The van der Waals surface area contributed by atoms with Crippen LogP contribution in [0.3, 0.4) is 0 Å². The maximum atomic E-state index is 11.8. The third-order valence-corrected chi connectivity index (χ3v) is 2.80. The van der Waals surface area contributed by atoms with Gasteiger partial charge in [-0.15, -0.1) is 0 Å². The average Bonchev–Trinajstić information content (AvgIpc) is 3.22. The van der Waals surface area contributed by atoms with E-state index in [2.05, 4.69) is 5.32 Å². The first kappa shape index (κ1) is 13.1. The van der Waals surface area contributed by atoms with Gasteiger partial charge in [0, 0.05) is 6.04 Å². The summed E-state index contributed by atoms with van der Waals surface area (Å²) in [6, 6.07) is 8.36. The Bertz CT molecular complexity index is 544. The van der Waals surface area contributed by atoms with Crippen molar-refractivity contribution in [3.05, 3.63) is 35.4 Å². The number of amides is 1. The predicted molar refractivity (Wildman–Crippen MR) is 67.2 cm³/mol. The Morgan fingerprint density at radius 1 is 1.47 bits per heavy atom. The summed E-state index contributed by atoms with van der Waals surface area (Å²) in [5.74, 6) is -0.886. The zero-order chi connectivity index (χ0) is 13.8. The summed E-state index contributed by atoms with van der Waals surface area (Å²) in [6.07, 6.45) is 1.13. The van der Waals surface area contributed by atoms with Crippen molar-refractivity contribution in [3.8, 4) is 6.07 Å². The van der Waals surface area contributed by atoms with Crippen LogP contribution in [-0.4, -0.2) is 24.0 Å². The van der Waals surface area contributed by atoms with Gasteiger partial charge in [0.05, 0.1) is 17.2 Å². The number of benzene rings is 1. The lowest BCUT2D eigenvalue weighted by atomic mass is 10.1. The molecule has 1 aliphatic carbocycles. The van der Waals surface area contributed by atoms with Crippen LogP contribution in [0.1, 0.15) is 35.7 Å². The topological polar surface area (TPSA) is 79.2 Å². The summed E-state index contributed by atoms with van der Waals surface area (Å²) in [5, 5.41) is 11.5. The lowest BCUT2D eigenvalue weighted by molar-refractivity contribution is -0.129. The van der Waals surface area contributed by atoms with E-state index in [1.54, 1.807) is 18.2 Å². The summed E-state index contributed by atoms with van der Waals surface area (Å²) in [4.78, 5) is 23.5. The minimum atomic E-state index is -0.834. The van der Waals surface area contributed by atoms with Crippen molar-refractivity contribution in [2.45, 2.75) is 31.9 Å². The molecule has 0 heterocycles. The third kappa shape index (κ3) is 3.55. The Labute approximate surface area is 111 Å². The van der Waals surface area contributed by atoms with Crippen LogP contribution in [0.2, 0.25) is 0 Å². The molecule has 5 heteroatoms. The highest BCUT2D eigenvalue weighted by molar-refractivity contribution is 5.92. The number of ether oxygens (including phenoxy) is 1. The van der Waals surface area contributed by atoms with E-state index in [0.29, 0.717) is 5.56 Å². The van der Waals surface area contributed by atoms with E-state index >= 15 is 0 Å². The summed E-state index contributed by atoms with van der Waals surface area (Å²) < 4.78 is 5.07. The largest absolute Gasteiger partial charge is 0.449 e. The smallest absolute Gasteiger partial charge is 0.338 e. The molecule has 1 N–H and O–H groups in total. The van der Waals surface area contributed by atoms with Crippen LogP contribution >= 0.6 is 0 Å². The molecule has 1 aromatic carbocycles. The SMILES string of the molecule is C[C@@H](OC(=O)c1cccc(C#N)c1)C(=O)NC1CC1. The minimum Gasteiger partial charge on any atom is -0.449 e. The van der Waals surface area contributed by atoms with Crippen molar-refractivity contribution in [1.29, 1.82) is 5.26 Å². The van der Waals surface area contributed by atoms with Crippen molar-refractivity contribution in [3.63, 3.8) is 0 Å². The molecule has 0 aromatic heterocycles. The monoisotopic (exact) mass is 258 g/mol. The molecule has 19 heavy (non-hydrogen) atoms. The van der Waals surface area contributed by atoms with Gasteiger partial charge in [0.15, 0.2) is 6.10 Å². The van der Waals surface area contributed by atoms with Gasteiger partial charge < -0.3 is 10.1 Å². The number of rotatable bonds is 4. The van der Waals surface area contributed by atoms with Crippen LogP contribution in [0.5, 0.6) is 0 Å². The Balaban J connectivity index is 1.95. The lowest BCUT2D eigenvalue weighted by Gasteiger charge is -2.13. The van der Waals surface area contributed by atoms with E-state index in [0.717, 1.165) is 12.8 Å². The van der Waals surface area contributed by atoms with Crippen molar-refractivity contribution >= 4 is 11.9 Å². The molecule has 0 unspecified atom stereocenters. The van der Waals surface area contributed by atoms with Crippen LogP contribution in [-0.2, 0) is 9.53 Å². The first-order valence-corrected chi connectivity index (χ1v) is 6.11. The molecule has 0 aliphatic heterocycles. The molecular formula is C14H14N2O3. The van der Waals surface area contributed by atoms with Crippen LogP contribution in [0, 0.1) is 11.3 Å². The molecule has 1 aliphatic rings. The highest BCUT2D eigenvalue weighted by atomic mass is 16.5. The Kier molecular flexibility index (Phi) is 3.81. The number of esters is 1. The zero-order valence-electron chi connectivity index (χ0n) is 10.6. The molecule has 1 fully saturated rings. The van der Waals surface area contributed by atoms with Gasteiger partial charge in [-0.1, -0.05) is 6.07 Å². The number of carbonyl (C=O) groups is 2. The van der Waals surface area contributed by atoms with E-state index in [1.807, 2.05) is 6.07 Å². The standard InChI is InChI=1S/C14H14N2O3/c1-9(13(17)16-12-5-6-12)19-14(18)11-4-2-3-10(7-11)8-15/h2-4,7,9,12H,5-6H2,1H3,(H,16,17)/t9-/m1/s1. The van der Waals surface area contributed by atoms with Gasteiger partial charge in [-0.25, -0.2) is 4.79 Å². The predicted octanol–water partition coefficient (Wildman–Crippen LogP) is 1.38. The van der Waals surface area contributed by atoms with Crippen LogP contribution < -0.4 is 5.32 Å². The zero-order valence-corrected chi connectivity index (χ0v) is 10.6. The van der Waals surface area contributed by atoms with E-state index in [9.17, 15) is 9.59 Å². The summed E-state index contributed by atoms with van der Waals surface area (Å²) >= 11 is 0. The summed E-state index contributed by atoms with van der Waals surface area (Å²) in [7, 11) is 0. The number of carbonyl (C=O) groups excluding carboxylic acids is 2. The van der Waals surface area contributed by atoms with Crippen LogP contribution in [0.25, 0.3) is 0 Å². The highest BCUT2D eigenvalue weighted by Crippen LogP contribution is 2.19. The van der Waals surface area contributed by atoms with Gasteiger partial charge in [0.2, 0.25) is 0 Å². The van der Waals surface area contributed by atoms with Crippen molar-refractivity contribution < 1.29 is 14.3 Å². The number of nitriles is 1. The lowest BCUT2D eigenvalue weighted by Crippen LogP contribution is -2.37. The maximum absolute atomic E-state index is 11.8. The normalized spacial score (nSPS) is 15.2. The fraction of sp³-hybridized carbons (Fsp3) is 0.357. The number of hydrogen-bond acceptors (Lipinski definition) is 4. The van der Waals surface area contributed by atoms with Gasteiger partial charge >= 0.3 is 5.97 Å². The van der Waals surface area contributed by atoms with Crippen LogP contribution in [0.4, 0.5) is 0 Å². The maximum Gasteiger partial charge on any atom is 0.338 e. The molecule has 0 saturated heterocycles. The molecule has 0 bridgehead atoms. The molecule has 2 rings (SSSR count). The van der Waals surface area contributed by atoms with Crippen molar-refractivity contribution in [2.75, 3.05) is 0 Å². The van der Waals surface area contributed by atoms with E-state index < -0.39 is 12.1 Å². The second-order valence-electron chi connectivity index (χ2n) is 4.52. The van der Waals surface area contributed by atoms with Gasteiger partial charge in [-0.05, 0) is 38.0 Å². The molecule has 1 atom stereocenters. The Morgan fingerprint density at radius 2 is 2.21 bits per heavy atom. The van der Waals surface area contributed by atoms with Crippen molar-refractivity contribution in [1.82, 2.24) is 5.32 Å². The van der Waals surface area contributed by atoms with E-state index in [-0.39, 0.29) is 17.5 Å². The van der Waals surface area contributed by atoms with E-state index in [4.69, 9.17) is 10.00 Å². The molecule has 98 valence electrons. The average molecular weight is 258 g/mol. The first-order chi connectivity index (χ1) is 9.10. The number of nitrogens with zero attached hydrogens (tertiary/aromatic N) is 1. The second kappa shape index (κ2) is 5.53. The fourth-order valence-corrected chi connectivity index (χ4v) is 1.54. The molecule has 0 spiro atoms. The number of hydrogen-bond donors (Lipinski definition) is 1. The molecule has 1 aromatic rings. The Morgan fingerprint density at radius 3 is 2.84 bits per heavy atom. The number of nitrogens with one attached hydrogen (secondary N) is 1. The molecule has 1 amide bonds. The van der Waals surface area contributed by atoms with Crippen molar-refractivity contribution in [2.24, 2.45) is 0 Å². The molecular weight excluding hydrogens is 244 g/mol. The molecule has 5 nitrogen and oxygen atoms in total. The van der Waals surface area contributed by atoms with Gasteiger partial charge in [-0.3, -0.25) is 4.79 Å². The summed E-state index contributed by atoms with van der Waals surface area (Å²) in [5.41, 5.74) is 0.648.